The van der Waals surface area contributed by atoms with Crippen molar-refractivity contribution < 1.29 is 9.26 Å². The molecule has 2 aromatic carbocycles. The van der Waals surface area contributed by atoms with Crippen molar-refractivity contribution >= 4 is 34.9 Å². The third kappa shape index (κ3) is 5.37. The van der Waals surface area contributed by atoms with Gasteiger partial charge in [-0.15, -0.1) is 10.2 Å². The lowest BCUT2D eigenvalue weighted by molar-refractivity contribution is 0.391. The Balaban J connectivity index is 1.29. The summed E-state index contributed by atoms with van der Waals surface area (Å²) < 4.78 is 12.4. The van der Waals surface area contributed by atoms with Gasteiger partial charge in [-0.2, -0.15) is 4.98 Å². The van der Waals surface area contributed by atoms with Crippen LogP contribution in [-0.2, 0) is 11.5 Å². The Hall–Kier alpha value is -2.36. The van der Waals surface area contributed by atoms with Crippen molar-refractivity contribution in [2.45, 2.75) is 27.1 Å². The summed E-state index contributed by atoms with van der Waals surface area (Å²) in [5.41, 5.74) is 3.36. The molecule has 0 saturated carbocycles. The van der Waals surface area contributed by atoms with Crippen LogP contribution in [0.1, 0.15) is 17.0 Å². The number of aromatic nitrogens is 4. The zero-order valence-corrected chi connectivity index (χ0v) is 18.3. The van der Waals surface area contributed by atoms with Crippen LogP contribution in [0.2, 0.25) is 0 Å². The smallest absolute Gasteiger partial charge is 0.237 e. The molecule has 4 aromatic rings. The molecule has 0 N–H and O–H groups in total. The van der Waals surface area contributed by atoms with Crippen LogP contribution in [0.5, 0.6) is 5.75 Å². The maximum atomic E-state index is 5.36. The first-order valence-corrected chi connectivity index (χ1v) is 11.6. The average Bonchev–Trinajstić information content (AvgIpc) is 3.41. The van der Waals surface area contributed by atoms with E-state index in [0.29, 0.717) is 17.5 Å². The SMILES string of the molecule is COc1ccc(CSc2nnc(SCc3nc(-c4ccc(C)cc4)no3)s2)cc1. The second-order valence-corrected chi connectivity index (χ2v) is 9.56. The Labute approximate surface area is 181 Å². The molecule has 0 amide bonds. The summed E-state index contributed by atoms with van der Waals surface area (Å²) in [7, 11) is 1.67. The fourth-order valence-corrected chi connectivity index (χ4v) is 5.25. The Bertz CT molecular complexity index is 1060. The van der Waals surface area contributed by atoms with Gasteiger partial charge in [-0.1, -0.05) is 82.0 Å². The standard InChI is InChI=1S/C20H18N4O2S3/c1-13-3-7-15(8-4-13)18-21-17(26-24-18)12-28-20-23-22-19(29-20)27-11-14-5-9-16(25-2)10-6-14/h3-10H,11-12H2,1-2H3. The van der Waals surface area contributed by atoms with Crippen molar-refractivity contribution in [3.05, 3.63) is 65.5 Å². The highest BCUT2D eigenvalue weighted by Crippen LogP contribution is 2.32. The molecule has 29 heavy (non-hydrogen) atoms. The van der Waals surface area contributed by atoms with Gasteiger partial charge in [-0.05, 0) is 24.6 Å². The minimum atomic E-state index is 0.566. The number of rotatable bonds is 8. The molecule has 2 heterocycles. The van der Waals surface area contributed by atoms with Gasteiger partial charge in [0.25, 0.3) is 0 Å². The molecule has 9 heteroatoms. The molecule has 0 spiro atoms. The van der Waals surface area contributed by atoms with Gasteiger partial charge in [0.05, 0.1) is 12.9 Å². The van der Waals surface area contributed by atoms with Crippen LogP contribution in [-0.4, -0.2) is 27.4 Å². The van der Waals surface area contributed by atoms with E-state index in [-0.39, 0.29) is 0 Å². The number of thioether (sulfide) groups is 2. The Morgan fingerprint density at radius 3 is 2.31 bits per heavy atom. The van der Waals surface area contributed by atoms with Crippen molar-refractivity contribution in [2.24, 2.45) is 0 Å². The van der Waals surface area contributed by atoms with Crippen molar-refractivity contribution in [3.63, 3.8) is 0 Å². The van der Waals surface area contributed by atoms with Crippen molar-refractivity contribution in [2.75, 3.05) is 7.11 Å². The van der Waals surface area contributed by atoms with E-state index in [1.165, 1.54) is 11.1 Å². The number of benzene rings is 2. The number of aryl methyl sites for hydroxylation is 1. The highest BCUT2D eigenvalue weighted by Gasteiger charge is 2.11. The fraction of sp³-hybridized carbons (Fsp3) is 0.200. The number of methoxy groups -OCH3 is 1. The van der Waals surface area contributed by atoms with Crippen LogP contribution in [0.4, 0.5) is 0 Å². The molecule has 0 bridgehead atoms. The van der Waals surface area contributed by atoms with Gasteiger partial charge in [0, 0.05) is 11.3 Å². The van der Waals surface area contributed by atoms with E-state index in [2.05, 4.69) is 32.5 Å². The van der Waals surface area contributed by atoms with Gasteiger partial charge in [0.15, 0.2) is 8.68 Å². The minimum Gasteiger partial charge on any atom is -0.497 e. The molecule has 0 unspecified atom stereocenters. The van der Waals surface area contributed by atoms with Crippen molar-refractivity contribution in [3.8, 4) is 17.1 Å². The average molecular weight is 443 g/mol. The van der Waals surface area contributed by atoms with Gasteiger partial charge >= 0.3 is 0 Å². The maximum Gasteiger partial charge on any atom is 0.237 e. The van der Waals surface area contributed by atoms with E-state index in [0.717, 1.165) is 25.7 Å². The normalized spacial score (nSPS) is 11.0. The molecule has 148 valence electrons. The first kappa shape index (κ1) is 19.9. The monoisotopic (exact) mass is 442 g/mol. The summed E-state index contributed by atoms with van der Waals surface area (Å²) in [5.74, 6) is 3.45. The first-order chi connectivity index (χ1) is 14.2. The first-order valence-electron chi connectivity index (χ1n) is 8.81. The molecule has 0 fully saturated rings. The van der Waals surface area contributed by atoms with E-state index < -0.39 is 0 Å². The fourth-order valence-electron chi connectivity index (χ4n) is 2.44. The van der Waals surface area contributed by atoms with Gasteiger partial charge in [-0.25, -0.2) is 0 Å². The molecule has 4 rings (SSSR count). The summed E-state index contributed by atoms with van der Waals surface area (Å²) in [5, 5.41) is 12.6. The zero-order chi connectivity index (χ0) is 20.1. The maximum absolute atomic E-state index is 5.36. The zero-order valence-electron chi connectivity index (χ0n) is 15.9. The molecule has 0 radical (unpaired) electrons. The molecular weight excluding hydrogens is 424 g/mol. The number of nitrogens with zero attached hydrogens (tertiary/aromatic N) is 4. The lowest BCUT2D eigenvalue weighted by Gasteiger charge is -2.01. The Kier molecular flexibility index (Phi) is 6.48. The van der Waals surface area contributed by atoms with E-state index in [1.807, 2.05) is 43.3 Å². The number of hydrogen-bond acceptors (Lipinski definition) is 9. The van der Waals surface area contributed by atoms with Gasteiger partial charge < -0.3 is 9.26 Å². The highest BCUT2D eigenvalue weighted by molar-refractivity contribution is 8.02. The predicted octanol–water partition coefficient (Wildman–Crippen LogP) is 5.49. The largest absolute Gasteiger partial charge is 0.497 e. The molecule has 0 aliphatic rings. The molecule has 0 aliphatic carbocycles. The Morgan fingerprint density at radius 1 is 0.931 bits per heavy atom. The van der Waals surface area contributed by atoms with E-state index in [1.54, 1.807) is 42.0 Å². The topological polar surface area (TPSA) is 73.9 Å². The van der Waals surface area contributed by atoms with Crippen LogP contribution in [0.25, 0.3) is 11.4 Å². The molecule has 6 nitrogen and oxygen atoms in total. The number of ether oxygens (including phenoxy) is 1. The summed E-state index contributed by atoms with van der Waals surface area (Å²) in [6.07, 6.45) is 0. The van der Waals surface area contributed by atoms with Crippen LogP contribution in [0.3, 0.4) is 0 Å². The minimum absolute atomic E-state index is 0.566. The van der Waals surface area contributed by atoms with E-state index in [9.17, 15) is 0 Å². The molecule has 0 saturated heterocycles. The van der Waals surface area contributed by atoms with Crippen LogP contribution >= 0.6 is 34.9 Å². The van der Waals surface area contributed by atoms with Crippen molar-refractivity contribution in [1.29, 1.82) is 0 Å². The molecular formula is C20H18N4O2S3. The summed E-state index contributed by atoms with van der Waals surface area (Å²) in [4.78, 5) is 4.46. The van der Waals surface area contributed by atoms with Crippen LogP contribution < -0.4 is 4.74 Å². The molecule has 0 atom stereocenters. The van der Waals surface area contributed by atoms with E-state index >= 15 is 0 Å². The number of hydrogen-bond donors (Lipinski definition) is 0. The summed E-state index contributed by atoms with van der Waals surface area (Å²) >= 11 is 4.80. The molecule has 0 aliphatic heterocycles. The predicted molar refractivity (Wildman–Crippen MR) is 116 cm³/mol. The highest BCUT2D eigenvalue weighted by atomic mass is 32.2. The van der Waals surface area contributed by atoms with Gasteiger partial charge in [0.2, 0.25) is 11.7 Å². The Morgan fingerprint density at radius 2 is 1.62 bits per heavy atom. The lowest BCUT2D eigenvalue weighted by Crippen LogP contribution is -1.84. The van der Waals surface area contributed by atoms with Gasteiger partial charge in [-0.3, -0.25) is 0 Å². The lowest BCUT2D eigenvalue weighted by atomic mass is 10.1. The summed E-state index contributed by atoms with van der Waals surface area (Å²) in [6, 6.07) is 16.1. The molecule has 2 aromatic heterocycles. The van der Waals surface area contributed by atoms with E-state index in [4.69, 9.17) is 9.26 Å². The third-order valence-electron chi connectivity index (χ3n) is 4.01. The van der Waals surface area contributed by atoms with Crippen LogP contribution in [0.15, 0.2) is 61.7 Å². The second-order valence-electron chi connectivity index (χ2n) is 6.14. The van der Waals surface area contributed by atoms with Crippen molar-refractivity contribution in [1.82, 2.24) is 20.3 Å². The second kappa shape index (κ2) is 9.43. The van der Waals surface area contributed by atoms with Crippen LogP contribution in [0, 0.1) is 6.92 Å². The third-order valence-corrected chi connectivity index (χ3v) is 7.25. The quantitative estimate of drug-likeness (QED) is 0.332. The van der Waals surface area contributed by atoms with Gasteiger partial charge in [0.1, 0.15) is 5.75 Å². The summed E-state index contributed by atoms with van der Waals surface area (Å²) in [6.45, 7) is 2.05.